The van der Waals surface area contributed by atoms with Crippen molar-refractivity contribution in [3.8, 4) is 0 Å². The zero-order valence-corrected chi connectivity index (χ0v) is 20.3. The molecule has 0 aromatic carbocycles. The molecule has 4 saturated carbocycles. The second-order valence-electron chi connectivity index (χ2n) is 11.2. The molecule has 5 aliphatic rings. The summed E-state index contributed by atoms with van der Waals surface area (Å²) in [6, 6.07) is 0. The van der Waals surface area contributed by atoms with Gasteiger partial charge in [0.2, 0.25) is 0 Å². The second-order valence-corrected chi connectivity index (χ2v) is 12.4. The maximum absolute atomic E-state index is 6.67. The van der Waals surface area contributed by atoms with Crippen molar-refractivity contribution in [2.75, 3.05) is 0 Å². The Hall–Kier alpha value is 0.550. The van der Waals surface area contributed by atoms with Crippen LogP contribution in [-0.2, 0) is 13.7 Å². The molecule has 6 heteroatoms. The maximum Gasteiger partial charge on any atom is 0.163 e. The van der Waals surface area contributed by atoms with E-state index in [1.165, 1.54) is 24.8 Å². The molecule has 5 rings (SSSR count). The second kappa shape index (κ2) is 7.02. The van der Waals surface area contributed by atoms with Crippen LogP contribution in [0.5, 0.6) is 0 Å². The topological polar surface area (TPSA) is 27.7 Å². The fourth-order valence-electron chi connectivity index (χ4n) is 8.37. The SMILES string of the molecule is CC1(C)O[C@@H]2C3C(CC[C@]4(C)C(=C(Cl)Cl)CCC34)[C@@]3(C)CC[C@H](OS)CC3[C@H]2O1. The number of halogens is 2. The Morgan fingerprint density at radius 3 is 2.38 bits per heavy atom. The largest absolute Gasteiger partial charge is 0.344 e. The third kappa shape index (κ3) is 3.03. The fraction of sp³-hybridized carbons (Fsp3) is 0.913. The van der Waals surface area contributed by atoms with E-state index < -0.39 is 5.79 Å². The van der Waals surface area contributed by atoms with Gasteiger partial charge in [-0.05, 0) is 112 Å². The van der Waals surface area contributed by atoms with E-state index in [9.17, 15) is 0 Å². The Kier molecular flexibility index (Phi) is 5.18. The molecule has 0 amide bonds. The minimum atomic E-state index is -0.533. The van der Waals surface area contributed by atoms with Crippen molar-refractivity contribution in [1.82, 2.24) is 0 Å². The van der Waals surface area contributed by atoms with E-state index in [1.54, 1.807) is 0 Å². The highest BCUT2D eigenvalue weighted by molar-refractivity contribution is 7.75. The van der Waals surface area contributed by atoms with Gasteiger partial charge in [0.1, 0.15) is 4.49 Å². The smallest absolute Gasteiger partial charge is 0.163 e. The normalized spacial score (nSPS) is 53.1. The molecule has 0 aromatic rings. The van der Waals surface area contributed by atoms with Crippen LogP contribution in [0.4, 0.5) is 0 Å². The number of thiol groups is 1. The van der Waals surface area contributed by atoms with E-state index in [0.29, 0.717) is 28.2 Å². The van der Waals surface area contributed by atoms with Crippen LogP contribution in [0.15, 0.2) is 10.1 Å². The Balaban J connectivity index is 1.58. The van der Waals surface area contributed by atoms with Gasteiger partial charge in [-0.1, -0.05) is 37.0 Å². The number of allylic oxidation sites excluding steroid dienone is 1. The lowest BCUT2D eigenvalue weighted by atomic mass is 9.43. The molecule has 9 atom stereocenters. The first kappa shape index (κ1) is 21.4. The number of hydrogen-bond donors (Lipinski definition) is 1. The van der Waals surface area contributed by atoms with Crippen LogP contribution in [-0.4, -0.2) is 24.1 Å². The molecule has 4 aliphatic carbocycles. The van der Waals surface area contributed by atoms with Crippen LogP contribution in [0.25, 0.3) is 0 Å². The average molecular weight is 461 g/mol. The van der Waals surface area contributed by atoms with Gasteiger partial charge in [-0.3, -0.25) is 0 Å². The van der Waals surface area contributed by atoms with Crippen LogP contribution < -0.4 is 0 Å². The molecule has 0 N–H and O–H groups in total. The molecule has 3 nitrogen and oxygen atoms in total. The summed E-state index contributed by atoms with van der Waals surface area (Å²) in [6.45, 7) is 9.07. The number of ether oxygens (including phenoxy) is 2. The maximum atomic E-state index is 6.67. The van der Waals surface area contributed by atoms with Crippen molar-refractivity contribution in [1.29, 1.82) is 0 Å². The lowest BCUT2D eigenvalue weighted by molar-refractivity contribution is -0.180. The molecular formula is C23H34Cl2O3S. The highest BCUT2D eigenvalue weighted by atomic mass is 35.5. The Morgan fingerprint density at radius 2 is 1.69 bits per heavy atom. The number of rotatable bonds is 1. The quantitative estimate of drug-likeness (QED) is 0.348. The predicted octanol–water partition coefficient (Wildman–Crippen LogP) is 6.69. The summed E-state index contributed by atoms with van der Waals surface area (Å²) < 4.78 is 19.3. The van der Waals surface area contributed by atoms with Crippen molar-refractivity contribution >= 4 is 36.1 Å². The predicted molar refractivity (Wildman–Crippen MR) is 119 cm³/mol. The van der Waals surface area contributed by atoms with E-state index in [1.807, 2.05) is 0 Å². The monoisotopic (exact) mass is 460 g/mol. The molecule has 0 aromatic heterocycles. The van der Waals surface area contributed by atoms with Crippen molar-refractivity contribution in [3.05, 3.63) is 10.1 Å². The molecule has 4 unspecified atom stereocenters. The summed E-state index contributed by atoms with van der Waals surface area (Å²) in [5.74, 6) is 1.64. The van der Waals surface area contributed by atoms with E-state index >= 15 is 0 Å². The van der Waals surface area contributed by atoms with Crippen molar-refractivity contribution < 1.29 is 13.7 Å². The third-order valence-electron chi connectivity index (χ3n) is 9.65. The van der Waals surface area contributed by atoms with E-state index in [4.69, 9.17) is 36.9 Å². The summed E-state index contributed by atoms with van der Waals surface area (Å²) in [5, 5.41) is 0. The van der Waals surface area contributed by atoms with E-state index in [2.05, 4.69) is 40.6 Å². The Morgan fingerprint density at radius 1 is 0.966 bits per heavy atom. The molecule has 164 valence electrons. The van der Waals surface area contributed by atoms with Crippen molar-refractivity contribution in [2.24, 2.45) is 34.5 Å². The molecule has 1 heterocycles. The Labute approximate surface area is 190 Å². The molecule has 0 radical (unpaired) electrons. The zero-order chi connectivity index (χ0) is 20.8. The molecule has 1 saturated heterocycles. The van der Waals surface area contributed by atoms with Gasteiger partial charge in [0.05, 0.1) is 18.3 Å². The molecular weight excluding hydrogens is 427 g/mol. The van der Waals surface area contributed by atoms with Crippen molar-refractivity contribution in [2.45, 2.75) is 96.7 Å². The van der Waals surface area contributed by atoms with Gasteiger partial charge in [0.15, 0.2) is 5.79 Å². The van der Waals surface area contributed by atoms with Gasteiger partial charge < -0.3 is 13.7 Å². The summed E-state index contributed by atoms with van der Waals surface area (Å²) in [5.41, 5.74) is 1.63. The first-order valence-corrected chi connectivity index (χ1v) is 12.4. The summed E-state index contributed by atoms with van der Waals surface area (Å²) in [6.07, 6.45) is 8.34. The standard InChI is InChI=1S/C23H34Cl2O3S/c1-21(2)26-18-16-11-12(28-29)7-9-23(16,4)14-8-10-22(3)13(17(14)19(18)27-21)5-6-15(22)20(24)25/h12-14,16-19,29H,5-11H2,1-4H3/t12-,13?,14?,16?,17?,18+,19+,22-,23+/m0/s1. The van der Waals surface area contributed by atoms with Gasteiger partial charge in [0.25, 0.3) is 0 Å². The van der Waals surface area contributed by atoms with E-state index in [0.717, 1.165) is 25.7 Å². The fourth-order valence-corrected chi connectivity index (χ4v) is 9.18. The molecule has 0 bridgehead atoms. The summed E-state index contributed by atoms with van der Waals surface area (Å²) in [4.78, 5) is 0. The van der Waals surface area contributed by atoms with Crippen molar-refractivity contribution in [3.63, 3.8) is 0 Å². The summed E-state index contributed by atoms with van der Waals surface area (Å²) in [7, 11) is 0. The zero-order valence-electron chi connectivity index (χ0n) is 17.9. The van der Waals surface area contributed by atoms with Gasteiger partial charge >= 0.3 is 0 Å². The highest BCUT2D eigenvalue weighted by Gasteiger charge is 2.68. The van der Waals surface area contributed by atoms with Crippen LogP contribution >= 0.6 is 36.1 Å². The average Bonchev–Trinajstić information content (AvgIpc) is 3.17. The minimum absolute atomic E-state index is 0.0925. The molecule has 29 heavy (non-hydrogen) atoms. The lowest BCUT2D eigenvalue weighted by Gasteiger charge is -2.63. The number of hydrogen-bond acceptors (Lipinski definition) is 4. The van der Waals surface area contributed by atoms with Crippen LogP contribution in [0.2, 0.25) is 0 Å². The first-order valence-electron chi connectivity index (χ1n) is 11.3. The van der Waals surface area contributed by atoms with Crippen LogP contribution in [0.3, 0.4) is 0 Å². The molecule has 5 fully saturated rings. The highest BCUT2D eigenvalue weighted by Crippen LogP contribution is 2.69. The first-order chi connectivity index (χ1) is 13.6. The summed E-state index contributed by atoms with van der Waals surface area (Å²) >= 11 is 16.9. The molecule has 1 aliphatic heterocycles. The van der Waals surface area contributed by atoms with Crippen LogP contribution in [0.1, 0.15) is 72.6 Å². The van der Waals surface area contributed by atoms with Gasteiger partial charge in [-0.15, -0.1) is 0 Å². The number of fused-ring (bicyclic) bond motifs is 8. The molecule has 0 spiro atoms. The van der Waals surface area contributed by atoms with Gasteiger partial charge in [0, 0.05) is 0 Å². The van der Waals surface area contributed by atoms with Gasteiger partial charge in [-0.2, -0.15) is 0 Å². The van der Waals surface area contributed by atoms with E-state index in [-0.39, 0.29) is 29.1 Å². The minimum Gasteiger partial charge on any atom is -0.344 e. The Bertz CT molecular complexity index is 723. The van der Waals surface area contributed by atoms with Gasteiger partial charge in [-0.25, -0.2) is 0 Å². The van der Waals surface area contributed by atoms with Crippen LogP contribution in [0, 0.1) is 34.5 Å². The third-order valence-corrected chi connectivity index (χ3v) is 10.4. The lowest BCUT2D eigenvalue weighted by Crippen LogP contribution is -2.63.